The number of hydrogen-bond donors (Lipinski definition) is 2. The van der Waals surface area contributed by atoms with Crippen molar-refractivity contribution in [3.8, 4) is 0 Å². The molecule has 6 heteroatoms. The van der Waals surface area contributed by atoms with E-state index in [0.29, 0.717) is 16.1 Å². The van der Waals surface area contributed by atoms with Gasteiger partial charge in [0.15, 0.2) is 5.15 Å². The number of rotatable bonds is 1. The fourth-order valence-corrected chi connectivity index (χ4v) is 1.40. The molecule has 0 fully saturated rings. The Morgan fingerprint density at radius 1 is 1.29 bits per heavy atom. The molecule has 0 amide bonds. The topological polar surface area (TPSA) is 66.2 Å². The highest BCUT2D eigenvalue weighted by Crippen LogP contribution is 2.16. The zero-order chi connectivity index (χ0) is 10.1. The average molecular weight is 208 g/mol. The first-order valence-electron chi connectivity index (χ1n) is 3.95. The largest absolute Gasteiger partial charge is 0.490 e. The lowest BCUT2D eigenvalue weighted by molar-refractivity contribution is 0.425. The lowest BCUT2D eigenvalue weighted by Gasteiger charge is -2.01. The van der Waals surface area contributed by atoms with Gasteiger partial charge < -0.3 is 10.0 Å². The van der Waals surface area contributed by atoms with E-state index in [2.05, 4.69) is 9.97 Å². The quantitative estimate of drug-likeness (QED) is 0.510. The summed E-state index contributed by atoms with van der Waals surface area (Å²) in [6.07, 6.45) is 2.90. The third kappa shape index (κ3) is 1.57. The van der Waals surface area contributed by atoms with Gasteiger partial charge in [0.2, 0.25) is 0 Å². The molecule has 0 unspecified atom stereocenters. The van der Waals surface area contributed by atoms with E-state index < -0.39 is 7.12 Å². The van der Waals surface area contributed by atoms with Crippen LogP contribution < -0.4 is 5.46 Å². The molecule has 0 aliphatic rings. The van der Waals surface area contributed by atoms with E-state index in [4.69, 9.17) is 21.6 Å². The maximum atomic E-state index is 8.92. The van der Waals surface area contributed by atoms with Crippen molar-refractivity contribution in [2.45, 2.75) is 0 Å². The van der Waals surface area contributed by atoms with Crippen LogP contribution in [0, 0.1) is 0 Å². The highest BCUT2D eigenvalue weighted by atomic mass is 35.5. The SMILES string of the molecule is OB(O)c1cnc2c(Cl)nccc2c1. The van der Waals surface area contributed by atoms with Crippen molar-refractivity contribution in [1.29, 1.82) is 0 Å². The zero-order valence-electron chi connectivity index (χ0n) is 7.05. The fourth-order valence-electron chi connectivity index (χ4n) is 1.18. The Hall–Kier alpha value is -1.17. The summed E-state index contributed by atoms with van der Waals surface area (Å²) in [5, 5.41) is 18.9. The second kappa shape index (κ2) is 3.53. The van der Waals surface area contributed by atoms with Gasteiger partial charge in [-0.1, -0.05) is 17.7 Å². The van der Waals surface area contributed by atoms with Crippen LogP contribution in [0.2, 0.25) is 5.15 Å². The molecule has 2 rings (SSSR count). The first kappa shape index (κ1) is 9.39. The van der Waals surface area contributed by atoms with Gasteiger partial charge >= 0.3 is 7.12 Å². The van der Waals surface area contributed by atoms with Crippen molar-refractivity contribution in [2.24, 2.45) is 0 Å². The molecule has 0 bridgehead atoms. The molecule has 0 saturated carbocycles. The highest BCUT2D eigenvalue weighted by Gasteiger charge is 2.12. The van der Waals surface area contributed by atoms with Crippen LogP contribution in [0.15, 0.2) is 24.5 Å². The third-order valence-corrected chi connectivity index (χ3v) is 2.15. The third-order valence-electron chi connectivity index (χ3n) is 1.87. The predicted molar refractivity (Wildman–Crippen MR) is 54.4 cm³/mol. The van der Waals surface area contributed by atoms with Crippen LogP contribution in [0.1, 0.15) is 0 Å². The Labute approximate surface area is 85.3 Å². The minimum atomic E-state index is -1.51. The molecule has 4 nitrogen and oxygen atoms in total. The summed E-state index contributed by atoms with van der Waals surface area (Å²) in [6, 6.07) is 3.32. The van der Waals surface area contributed by atoms with Crippen molar-refractivity contribution in [1.82, 2.24) is 9.97 Å². The summed E-state index contributed by atoms with van der Waals surface area (Å²) in [5.41, 5.74) is 0.887. The minimum Gasteiger partial charge on any atom is -0.423 e. The molecule has 0 radical (unpaired) electrons. The highest BCUT2D eigenvalue weighted by molar-refractivity contribution is 6.58. The standard InChI is InChI=1S/C8H6BClN2O2/c10-8-7-5(1-2-11-8)3-6(4-12-7)9(13)14/h1-4,13-14H. The maximum Gasteiger partial charge on any atom is 0.490 e. The zero-order valence-corrected chi connectivity index (χ0v) is 7.81. The lowest BCUT2D eigenvalue weighted by Crippen LogP contribution is -2.30. The summed E-state index contributed by atoms with van der Waals surface area (Å²) >= 11 is 5.79. The molecule has 0 spiro atoms. The average Bonchev–Trinajstić information content (AvgIpc) is 2.17. The van der Waals surface area contributed by atoms with Gasteiger partial charge in [-0.15, -0.1) is 0 Å². The van der Waals surface area contributed by atoms with Gasteiger partial charge in [0.1, 0.15) is 5.52 Å². The van der Waals surface area contributed by atoms with Crippen LogP contribution in [0.3, 0.4) is 0 Å². The van der Waals surface area contributed by atoms with Gasteiger partial charge in [-0.2, -0.15) is 0 Å². The molecule has 0 aliphatic carbocycles. The van der Waals surface area contributed by atoms with Crippen molar-refractivity contribution in [3.05, 3.63) is 29.7 Å². The number of pyridine rings is 2. The molecule has 0 saturated heterocycles. The molecule has 0 atom stereocenters. The summed E-state index contributed by atoms with van der Waals surface area (Å²) in [5.74, 6) is 0. The first-order valence-corrected chi connectivity index (χ1v) is 4.32. The molecular weight excluding hydrogens is 202 g/mol. The molecule has 2 N–H and O–H groups in total. The van der Waals surface area contributed by atoms with Crippen LogP contribution in [0.4, 0.5) is 0 Å². The summed E-state index contributed by atoms with van der Waals surface area (Å²) in [6.45, 7) is 0. The van der Waals surface area contributed by atoms with Crippen molar-refractivity contribution >= 4 is 35.1 Å². The van der Waals surface area contributed by atoms with E-state index in [-0.39, 0.29) is 0 Å². The lowest BCUT2D eigenvalue weighted by atomic mass is 9.81. The monoisotopic (exact) mass is 208 g/mol. The Bertz CT molecular complexity index is 478. The second-order valence-electron chi connectivity index (χ2n) is 2.82. The van der Waals surface area contributed by atoms with E-state index in [1.165, 1.54) is 6.20 Å². The van der Waals surface area contributed by atoms with Gasteiger partial charge in [0.05, 0.1) is 0 Å². The van der Waals surface area contributed by atoms with Gasteiger partial charge in [-0.25, -0.2) is 4.98 Å². The van der Waals surface area contributed by atoms with Crippen LogP contribution >= 0.6 is 11.6 Å². The number of fused-ring (bicyclic) bond motifs is 1. The van der Waals surface area contributed by atoms with Crippen LogP contribution in [-0.4, -0.2) is 27.1 Å². The molecule has 14 heavy (non-hydrogen) atoms. The molecule has 2 heterocycles. The smallest absolute Gasteiger partial charge is 0.423 e. The Morgan fingerprint density at radius 3 is 2.79 bits per heavy atom. The minimum absolute atomic E-state index is 0.307. The summed E-state index contributed by atoms with van der Waals surface area (Å²) in [7, 11) is -1.51. The molecule has 0 aliphatic heterocycles. The van der Waals surface area contributed by atoms with Gasteiger partial charge in [0.25, 0.3) is 0 Å². The number of hydrogen-bond acceptors (Lipinski definition) is 4. The van der Waals surface area contributed by atoms with Crippen molar-refractivity contribution < 1.29 is 10.0 Å². The number of nitrogens with zero attached hydrogens (tertiary/aromatic N) is 2. The number of aromatic nitrogens is 2. The van der Waals surface area contributed by atoms with Crippen LogP contribution in [0.25, 0.3) is 10.9 Å². The second-order valence-corrected chi connectivity index (χ2v) is 3.17. The van der Waals surface area contributed by atoms with Gasteiger partial charge in [-0.05, 0) is 6.07 Å². The molecular formula is C8H6BClN2O2. The van der Waals surface area contributed by atoms with E-state index in [1.807, 2.05) is 0 Å². The van der Waals surface area contributed by atoms with Crippen LogP contribution in [-0.2, 0) is 0 Å². The predicted octanol–water partition coefficient (Wildman–Crippen LogP) is -0.0370. The van der Waals surface area contributed by atoms with E-state index in [9.17, 15) is 0 Å². The fraction of sp³-hybridized carbons (Fsp3) is 0. The first-order chi connectivity index (χ1) is 6.68. The molecule has 2 aromatic rings. The van der Waals surface area contributed by atoms with E-state index in [0.717, 1.165) is 5.39 Å². The Balaban J connectivity index is 2.67. The van der Waals surface area contributed by atoms with E-state index in [1.54, 1.807) is 18.3 Å². The maximum absolute atomic E-state index is 8.92. The van der Waals surface area contributed by atoms with Gasteiger partial charge in [0, 0.05) is 23.2 Å². The number of halogens is 1. The summed E-state index contributed by atoms with van der Waals surface area (Å²) in [4.78, 5) is 7.85. The van der Waals surface area contributed by atoms with Gasteiger partial charge in [-0.3, -0.25) is 4.98 Å². The van der Waals surface area contributed by atoms with Crippen LogP contribution in [0.5, 0.6) is 0 Å². The molecule has 0 aromatic carbocycles. The Kier molecular flexibility index (Phi) is 2.37. The van der Waals surface area contributed by atoms with Crippen molar-refractivity contribution in [2.75, 3.05) is 0 Å². The van der Waals surface area contributed by atoms with Crippen molar-refractivity contribution in [3.63, 3.8) is 0 Å². The Morgan fingerprint density at radius 2 is 2.07 bits per heavy atom. The molecule has 70 valence electrons. The van der Waals surface area contributed by atoms with E-state index >= 15 is 0 Å². The summed E-state index contributed by atoms with van der Waals surface area (Å²) < 4.78 is 0. The molecule has 2 aromatic heterocycles. The normalized spacial score (nSPS) is 10.5.